The molecule has 0 saturated heterocycles. The Bertz CT molecular complexity index is 621. The Morgan fingerprint density at radius 1 is 1.13 bits per heavy atom. The summed E-state index contributed by atoms with van der Waals surface area (Å²) in [6, 6.07) is 0. The van der Waals surface area contributed by atoms with Crippen LogP contribution in [0.2, 0.25) is 0 Å². The van der Waals surface area contributed by atoms with Gasteiger partial charge in [0.15, 0.2) is 0 Å². The Morgan fingerprint density at radius 3 is 1.96 bits per heavy atom. The number of aliphatic hydroxyl groups is 2. The molecule has 0 spiro atoms. The van der Waals surface area contributed by atoms with Crippen molar-refractivity contribution < 1.29 is 19.7 Å². The fourth-order valence-electron chi connectivity index (χ4n) is 1.91. The average Bonchev–Trinajstić information content (AvgIpc) is 2.42. The third-order valence-corrected chi connectivity index (χ3v) is 5.42. The Labute approximate surface area is 141 Å². The Hall–Kier alpha value is -1.55. The summed E-state index contributed by atoms with van der Waals surface area (Å²) in [6.07, 6.45) is 7.29. The molecule has 0 aromatic carbocycles. The van der Waals surface area contributed by atoms with E-state index in [0.29, 0.717) is 0 Å². The average molecular weight is 335 g/mol. The number of thioether (sulfide) groups is 1. The van der Waals surface area contributed by atoms with Crippen molar-refractivity contribution in [3.05, 3.63) is 45.6 Å². The SMILES string of the molecule is CC(C)(C)C1=CC(=COC2(O)C(=O)[C+]=C2O)C=C(C(C)(C)C)S1. The molecule has 2 rings (SSSR count). The summed E-state index contributed by atoms with van der Waals surface area (Å²) in [6.45, 7) is 12.8. The van der Waals surface area contributed by atoms with Crippen molar-refractivity contribution >= 4 is 17.5 Å². The number of rotatable bonds is 2. The third kappa shape index (κ3) is 3.52. The highest BCUT2D eigenvalue weighted by Gasteiger charge is 2.67. The molecule has 2 N–H and O–H groups in total. The molecule has 2 aliphatic rings. The van der Waals surface area contributed by atoms with E-state index in [4.69, 9.17) is 4.74 Å². The van der Waals surface area contributed by atoms with Gasteiger partial charge in [0.1, 0.15) is 0 Å². The maximum Gasteiger partial charge on any atom is 0.481 e. The Balaban J connectivity index is 2.34. The molecule has 1 aliphatic heterocycles. The molecule has 0 bridgehead atoms. The van der Waals surface area contributed by atoms with Crippen LogP contribution in [0, 0.1) is 16.9 Å². The van der Waals surface area contributed by atoms with Gasteiger partial charge in [-0.25, -0.2) is 4.79 Å². The summed E-state index contributed by atoms with van der Waals surface area (Å²) in [7, 11) is 0. The number of aliphatic hydroxyl groups excluding tert-OH is 1. The second-order valence-electron chi connectivity index (χ2n) is 7.80. The van der Waals surface area contributed by atoms with Crippen LogP contribution in [0.5, 0.6) is 0 Å². The summed E-state index contributed by atoms with van der Waals surface area (Å²) in [5, 5.41) is 19.3. The zero-order chi connectivity index (χ0) is 17.6. The summed E-state index contributed by atoms with van der Waals surface area (Å²) >= 11 is 1.73. The van der Waals surface area contributed by atoms with Crippen molar-refractivity contribution in [1.82, 2.24) is 0 Å². The molecular weight excluding hydrogens is 312 g/mol. The monoisotopic (exact) mass is 335 g/mol. The van der Waals surface area contributed by atoms with Gasteiger partial charge in [-0.2, -0.15) is 0 Å². The van der Waals surface area contributed by atoms with E-state index < -0.39 is 17.3 Å². The summed E-state index contributed by atoms with van der Waals surface area (Å²) in [4.78, 5) is 13.7. The molecule has 0 aromatic heterocycles. The fraction of sp³-hybridized carbons (Fsp3) is 0.500. The number of ether oxygens (including phenoxy) is 1. The van der Waals surface area contributed by atoms with Gasteiger partial charge in [-0.1, -0.05) is 53.3 Å². The zero-order valence-corrected chi connectivity index (χ0v) is 15.2. The quantitative estimate of drug-likeness (QED) is 0.453. The van der Waals surface area contributed by atoms with Crippen molar-refractivity contribution in [3.63, 3.8) is 0 Å². The van der Waals surface area contributed by atoms with E-state index in [2.05, 4.69) is 41.5 Å². The van der Waals surface area contributed by atoms with Crippen LogP contribution in [0.15, 0.2) is 39.6 Å². The predicted octanol–water partition coefficient (Wildman–Crippen LogP) is 4.01. The van der Waals surface area contributed by atoms with Crippen molar-refractivity contribution in [2.24, 2.45) is 10.8 Å². The third-order valence-electron chi connectivity index (χ3n) is 3.52. The number of ketones is 1. The number of hydrogen-bond acceptors (Lipinski definition) is 5. The zero-order valence-electron chi connectivity index (χ0n) is 14.4. The van der Waals surface area contributed by atoms with Gasteiger partial charge in [0.2, 0.25) is 0 Å². The van der Waals surface area contributed by atoms with Gasteiger partial charge in [-0.3, -0.25) is 0 Å². The molecule has 0 saturated carbocycles. The minimum atomic E-state index is -2.29. The number of carbonyl (C=O) groups excluding carboxylic acids is 1. The van der Waals surface area contributed by atoms with Crippen LogP contribution in [0.3, 0.4) is 0 Å². The molecular formula is C18H23O4S+. The first-order valence-corrected chi connectivity index (χ1v) is 8.26. The van der Waals surface area contributed by atoms with Crippen LogP contribution in [-0.2, 0) is 9.53 Å². The second-order valence-corrected chi connectivity index (χ2v) is 8.89. The van der Waals surface area contributed by atoms with Gasteiger partial charge in [0.05, 0.1) is 6.26 Å². The minimum Gasteiger partial charge on any atom is -0.466 e. The molecule has 124 valence electrons. The van der Waals surface area contributed by atoms with E-state index in [1.165, 1.54) is 6.26 Å². The molecule has 5 heteroatoms. The van der Waals surface area contributed by atoms with Crippen molar-refractivity contribution in [3.8, 4) is 0 Å². The topological polar surface area (TPSA) is 66.8 Å². The number of Topliss-reactive ketones (excluding diaryl/α,β-unsaturated/α-hetero) is 1. The van der Waals surface area contributed by atoms with Crippen molar-refractivity contribution in [2.45, 2.75) is 47.3 Å². The normalized spacial score (nSPS) is 24.9. The molecule has 23 heavy (non-hydrogen) atoms. The lowest BCUT2D eigenvalue weighted by Crippen LogP contribution is -2.49. The summed E-state index contributed by atoms with van der Waals surface area (Å²) < 4.78 is 5.15. The highest BCUT2D eigenvalue weighted by molar-refractivity contribution is 8.06. The molecule has 1 unspecified atom stereocenters. The van der Waals surface area contributed by atoms with Gasteiger partial charge in [-0.15, -0.1) is 0 Å². The van der Waals surface area contributed by atoms with E-state index in [0.717, 1.165) is 15.4 Å². The summed E-state index contributed by atoms with van der Waals surface area (Å²) in [5.74, 6) is -3.66. The first kappa shape index (κ1) is 17.8. The molecule has 0 amide bonds. The van der Waals surface area contributed by atoms with Crippen LogP contribution in [0.4, 0.5) is 0 Å². The first-order chi connectivity index (χ1) is 10.3. The van der Waals surface area contributed by atoms with E-state index >= 15 is 0 Å². The van der Waals surface area contributed by atoms with E-state index in [1.54, 1.807) is 11.8 Å². The maximum absolute atomic E-state index is 11.4. The molecule has 1 heterocycles. The Morgan fingerprint density at radius 2 is 1.61 bits per heavy atom. The van der Waals surface area contributed by atoms with E-state index in [-0.39, 0.29) is 10.8 Å². The molecule has 0 radical (unpaired) electrons. The Kier molecular flexibility index (Phi) is 4.27. The lowest BCUT2D eigenvalue weighted by atomic mass is 9.92. The number of carbonyl (C=O) groups is 1. The first-order valence-electron chi connectivity index (χ1n) is 7.44. The minimum absolute atomic E-state index is 0.0342. The molecule has 0 aromatic rings. The standard InChI is InChI=1S/C18H22O4S/c1-16(2,3)14-7-11(8-15(23-14)17(4,5)6)10-22-18(21)12(19)9-13(18)20/h7-8,10,21H,1-6H3/p+1. The lowest BCUT2D eigenvalue weighted by Gasteiger charge is -2.32. The van der Waals surface area contributed by atoms with Crippen molar-refractivity contribution in [1.29, 1.82) is 0 Å². The van der Waals surface area contributed by atoms with Gasteiger partial charge in [0.25, 0.3) is 0 Å². The summed E-state index contributed by atoms with van der Waals surface area (Å²) in [5.41, 5.74) is 0.667. The van der Waals surface area contributed by atoms with Crippen LogP contribution in [-0.4, -0.2) is 21.8 Å². The highest BCUT2D eigenvalue weighted by Crippen LogP contribution is 2.48. The second kappa shape index (κ2) is 5.52. The number of hydrogen-bond donors (Lipinski definition) is 2. The largest absolute Gasteiger partial charge is 0.481 e. The lowest BCUT2D eigenvalue weighted by molar-refractivity contribution is -0.187. The van der Waals surface area contributed by atoms with Crippen LogP contribution >= 0.6 is 11.8 Å². The molecule has 4 nitrogen and oxygen atoms in total. The van der Waals surface area contributed by atoms with E-state index in [1.807, 2.05) is 18.2 Å². The molecule has 1 aliphatic carbocycles. The molecule has 1 atom stereocenters. The highest BCUT2D eigenvalue weighted by atomic mass is 32.2. The van der Waals surface area contributed by atoms with E-state index in [9.17, 15) is 15.0 Å². The van der Waals surface area contributed by atoms with Crippen LogP contribution in [0.25, 0.3) is 0 Å². The fourth-order valence-corrected chi connectivity index (χ4v) is 3.15. The van der Waals surface area contributed by atoms with Crippen molar-refractivity contribution in [2.75, 3.05) is 0 Å². The van der Waals surface area contributed by atoms with Gasteiger partial charge in [-0.05, 0) is 32.8 Å². The van der Waals surface area contributed by atoms with Gasteiger partial charge in [0, 0.05) is 5.57 Å². The van der Waals surface area contributed by atoms with Gasteiger partial charge >= 0.3 is 23.4 Å². The maximum atomic E-state index is 11.4. The van der Waals surface area contributed by atoms with Crippen LogP contribution in [0.1, 0.15) is 41.5 Å². The smallest absolute Gasteiger partial charge is 0.466 e. The predicted molar refractivity (Wildman–Crippen MR) is 91.2 cm³/mol. The number of allylic oxidation sites excluding steroid dienone is 5. The molecule has 0 fully saturated rings. The van der Waals surface area contributed by atoms with Gasteiger partial charge < -0.3 is 14.9 Å². The van der Waals surface area contributed by atoms with Crippen LogP contribution < -0.4 is 0 Å².